The van der Waals surface area contributed by atoms with Gasteiger partial charge in [-0.05, 0) is 43.2 Å². The molecule has 0 unspecified atom stereocenters. The van der Waals surface area contributed by atoms with Crippen molar-refractivity contribution in [3.63, 3.8) is 0 Å². The highest BCUT2D eigenvalue weighted by Gasteiger charge is 2.25. The van der Waals surface area contributed by atoms with Crippen LogP contribution >= 0.6 is 0 Å². The van der Waals surface area contributed by atoms with Gasteiger partial charge in [0.1, 0.15) is 0 Å². The first kappa shape index (κ1) is 17.3. The molecule has 1 aromatic heterocycles. The molecular formula is C21H23N5O. The molecule has 1 aliphatic heterocycles. The van der Waals surface area contributed by atoms with Gasteiger partial charge in [0.15, 0.2) is 5.69 Å². The molecule has 3 aromatic rings. The molecule has 2 heterocycles. The van der Waals surface area contributed by atoms with Gasteiger partial charge in [0.25, 0.3) is 5.91 Å². The number of nitrogens with zero attached hydrogens (tertiary/aromatic N) is 5. The summed E-state index contributed by atoms with van der Waals surface area (Å²) in [6, 6.07) is 16.0. The van der Waals surface area contributed by atoms with Crippen LogP contribution in [0.4, 0.5) is 5.69 Å². The summed E-state index contributed by atoms with van der Waals surface area (Å²) in [7, 11) is 0. The van der Waals surface area contributed by atoms with Crippen molar-refractivity contribution in [1.82, 2.24) is 19.9 Å². The number of aryl methyl sites for hydroxylation is 1. The van der Waals surface area contributed by atoms with Crippen molar-refractivity contribution in [3.05, 3.63) is 71.5 Å². The molecule has 0 spiro atoms. The maximum absolute atomic E-state index is 12.8. The van der Waals surface area contributed by atoms with E-state index < -0.39 is 0 Å². The molecule has 0 atom stereocenters. The average molecular weight is 361 g/mol. The van der Waals surface area contributed by atoms with Gasteiger partial charge in [0.05, 0.1) is 11.9 Å². The molecule has 1 fully saturated rings. The van der Waals surface area contributed by atoms with Crippen molar-refractivity contribution < 1.29 is 4.79 Å². The summed E-state index contributed by atoms with van der Waals surface area (Å²) in [6.07, 6.45) is 1.55. The van der Waals surface area contributed by atoms with E-state index in [4.69, 9.17) is 0 Å². The zero-order valence-corrected chi connectivity index (χ0v) is 15.7. The Morgan fingerprint density at radius 1 is 0.926 bits per heavy atom. The van der Waals surface area contributed by atoms with E-state index in [-0.39, 0.29) is 5.91 Å². The lowest BCUT2D eigenvalue weighted by Crippen LogP contribution is -2.49. The Morgan fingerprint density at radius 3 is 2.41 bits per heavy atom. The highest BCUT2D eigenvalue weighted by molar-refractivity contribution is 5.92. The lowest BCUT2D eigenvalue weighted by atomic mass is 10.1. The van der Waals surface area contributed by atoms with Crippen LogP contribution in [0.1, 0.15) is 21.6 Å². The summed E-state index contributed by atoms with van der Waals surface area (Å²) in [6.45, 7) is 7.30. The van der Waals surface area contributed by atoms with Crippen LogP contribution in [0.5, 0.6) is 0 Å². The standard InChI is InChI=1S/C21H23N5O/c1-16-7-6-10-20(17(16)2)24-11-13-25(14-12-24)21(27)19-15-22-26(23-19)18-8-4-3-5-9-18/h3-10,15H,11-14H2,1-2H3. The van der Waals surface area contributed by atoms with Gasteiger partial charge in [-0.25, -0.2) is 0 Å². The first-order chi connectivity index (χ1) is 13.1. The number of piperazine rings is 1. The van der Waals surface area contributed by atoms with E-state index >= 15 is 0 Å². The van der Waals surface area contributed by atoms with Gasteiger partial charge in [0.2, 0.25) is 0 Å². The third-order valence-corrected chi connectivity index (χ3v) is 5.18. The number of rotatable bonds is 3. The number of benzene rings is 2. The van der Waals surface area contributed by atoms with E-state index in [1.54, 1.807) is 6.20 Å². The third-order valence-electron chi connectivity index (χ3n) is 5.18. The van der Waals surface area contributed by atoms with Crippen molar-refractivity contribution in [2.75, 3.05) is 31.1 Å². The number of aromatic nitrogens is 3. The molecule has 0 radical (unpaired) electrons. The molecular weight excluding hydrogens is 338 g/mol. The van der Waals surface area contributed by atoms with Gasteiger partial charge in [-0.1, -0.05) is 30.3 Å². The molecule has 0 N–H and O–H groups in total. The quantitative estimate of drug-likeness (QED) is 0.720. The Kier molecular flexibility index (Phi) is 4.62. The lowest BCUT2D eigenvalue weighted by Gasteiger charge is -2.36. The van der Waals surface area contributed by atoms with Crippen molar-refractivity contribution in [2.24, 2.45) is 0 Å². The molecule has 6 nitrogen and oxygen atoms in total. The first-order valence-electron chi connectivity index (χ1n) is 9.22. The van der Waals surface area contributed by atoms with Gasteiger partial charge in [-0.3, -0.25) is 4.79 Å². The zero-order valence-electron chi connectivity index (χ0n) is 15.7. The number of hydrogen-bond donors (Lipinski definition) is 0. The Bertz CT molecular complexity index is 942. The number of carbonyl (C=O) groups is 1. The summed E-state index contributed by atoms with van der Waals surface area (Å²) in [4.78, 5) is 18.5. The second kappa shape index (κ2) is 7.23. The Hall–Kier alpha value is -3.15. The van der Waals surface area contributed by atoms with E-state index in [1.807, 2.05) is 35.2 Å². The molecule has 1 saturated heterocycles. The van der Waals surface area contributed by atoms with E-state index in [2.05, 4.69) is 47.1 Å². The summed E-state index contributed by atoms with van der Waals surface area (Å²) < 4.78 is 0. The molecule has 4 rings (SSSR count). The van der Waals surface area contributed by atoms with E-state index in [0.717, 1.165) is 18.8 Å². The van der Waals surface area contributed by atoms with Crippen LogP contribution in [0, 0.1) is 13.8 Å². The minimum atomic E-state index is -0.0576. The van der Waals surface area contributed by atoms with Crippen LogP contribution in [0.15, 0.2) is 54.7 Å². The smallest absolute Gasteiger partial charge is 0.276 e. The van der Waals surface area contributed by atoms with Crippen LogP contribution < -0.4 is 4.90 Å². The predicted octanol–water partition coefficient (Wildman–Crippen LogP) is 2.85. The number of hydrogen-bond acceptors (Lipinski definition) is 4. The van der Waals surface area contributed by atoms with Crippen LogP contribution in [0.25, 0.3) is 5.69 Å². The van der Waals surface area contributed by atoms with E-state index in [9.17, 15) is 4.79 Å². The predicted molar refractivity (Wildman–Crippen MR) is 105 cm³/mol. The molecule has 1 amide bonds. The Labute approximate surface area is 159 Å². The monoisotopic (exact) mass is 361 g/mol. The van der Waals surface area contributed by atoms with E-state index in [1.165, 1.54) is 21.6 Å². The maximum Gasteiger partial charge on any atom is 0.276 e. The second-order valence-corrected chi connectivity index (χ2v) is 6.85. The van der Waals surface area contributed by atoms with Gasteiger partial charge in [-0.15, -0.1) is 5.10 Å². The lowest BCUT2D eigenvalue weighted by molar-refractivity contribution is 0.0740. The van der Waals surface area contributed by atoms with Gasteiger partial charge >= 0.3 is 0 Å². The molecule has 2 aromatic carbocycles. The molecule has 1 aliphatic rings. The Morgan fingerprint density at radius 2 is 1.67 bits per heavy atom. The summed E-state index contributed by atoms with van der Waals surface area (Å²) in [5, 5.41) is 8.59. The summed E-state index contributed by atoms with van der Waals surface area (Å²) in [5.41, 5.74) is 5.10. The van der Waals surface area contributed by atoms with Crippen LogP contribution in [-0.2, 0) is 0 Å². The van der Waals surface area contributed by atoms with Gasteiger partial charge in [0, 0.05) is 31.9 Å². The van der Waals surface area contributed by atoms with Crippen molar-refractivity contribution in [2.45, 2.75) is 13.8 Å². The molecule has 6 heteroatoms. The average Bonchev–Trinajstić information content (AvgIpc) is 3.21. The van der Waals surface area contributed by atoms with Crippen molar-refractivity contribution >= 4 is 11.6 Å². The molecule has 0 bridgehead atoms. The van der Waals surface area contributed by atoms with Crippen LogP contribution in [0.3, 0.4) is 0 Å². The van der Waals surface area contributed by atoms with Gasteiger partial charge in [-0.2, -0.15) is 9.90 Å². The van der Waals surface area contributed by atoms with Gasteiger partial charge < -0.3 is 9.80 Å². The van der Waals surface area contributed by atoms with Crippen molar-refractivity contribution in [3.8, 4) is 5.69 Å². The molecule has 0 aliphatic carbocycles. The largest absolute Gasteiger partial charge is 0.368 e. The number of para-hydroxylation sites is 1. The maximum atomic E-state index is 12.8. The SMILES string of the molecule is Cc1cccc(N2CCN(C(=O)c3cnn(-c4ccccc4)n3)CC2)c1C. The number of carbonyl (C=O) groups excluding carboxylic acids is 1. The van der Waals surface area contributed by atoms with Crippen LogP contribution in [0.2, 0.25) is 0 Å². The number of amides is 1. The van der Waals surface area contributed by atoms with E-state index in [0.29, 0.717) is 18.8 Å². The minimum Gasteiger partial charge on any atom is -0.368 e. The normalized spacial score (nSPS) is 14.4. The first-order valence-corrected chi connectivity index (χ1v) is 9.22. The van der Waals surface area contributed by atoms with Crippen LogP contribution in [-0.4, -0.2) is 52.0 Å². The fourth-order valence-corrected chi connectivity index (χ4v) is 3.44. The Balaban J connectivity index is 1.43. The fraction of sp³-hybridized carbons (Fsp3) is 0.286. The molecule has 27 heavy (non-hydrogen) atoms. The zero-order chi connectivity index (χ0) is 18.8. The fourth-order valence-electron chi connectivity index (χ4n) is 3.44. The highest BCUT2D eigenvalue weighted by Crippen LogP contribution is 2.24. The third kappa shape index (κ3) is 3.43. The minimum absolute atomic E-state index is 0.0576. The number of anilines is 1. The summed E-state index contributed by atoms with van der Waals surface area (Å²) in [5.74, 6) is -0.0576. The summed E-state index contributed by atoms with van der Waals surface area (Å²) >= 11 is 0. The van der Waals surface area contributed by atoms with Crippen molar-refractivity contribution in [1.29, 1.82) is 0 Å². The topological polar surface area (TPSA) is 54.3 Å². The molecule has 138 valence electrons. The second-order valence-electron chi connectivity index (χ2n) is 6.85. The highest BCUT2D eigenvalue weighted by atomic mass is 16.2. The molecule has 0 saturated carbocycles.